The number of nitrogens with one attached hydrogen (secondary N) is 4. The third-order valence-corrected chi connectivity index (χ3v) is 9.27. The number of fused-ring (bicyclic) bond motifs is 4. The molecule has 1 aliphatic heterocycles. The maximum absolute atomic E-state index is 10.4. The summed E-state index contributed by atoms with van der Waals surface area (Å²) >= 11 is 0. The number of hydrogen-bond donors (Lipinski definition) is 8. The first kappa shape index (κ1) is 40.2. The second-order valence-electron chi connectivity index (χ2n) is 12.7. The molecule has 3 aromatic rings. The largest absolute Gasteiger partial charge is 0.480 e. The Morgan fingerprint density at radius 1 is 0.571 bits per heavy atom. The van der Waals surface area contributed by atoms with Gasteiger partial charge in [0, 0.05) is 67.4 Å². The van der Waals surface area contributed by atoms with Crippen molar-refractivity contribution < 1.29 is 36.9 Å². The van der Waals surface area contributed by atoms with Gasteiger partial charge in [0.2, 0.25) is 0 Å². The van der Waals surface area contributed by atoms with Crippen LogP contribution in [-0.2, 0) is 39.7 Å². The molecule has 2 aliphatic carbocycles. The van der Waals surface area contributed by atoms with Gasteiger partial charge < -0.3 is 42.9 Å². The average molecular weight is 715 g/mol. The number of aromatic nitrogens is 1. The normalized spacial score (nSPS) is 23.6. The second-order valence-corrected chi connectivity index (χ2v) is 12.7. The van der Waals surface area contributed by atoms with Gasteiger partial charge in [0.25, 0.3) is 0 Å². The van der Waals surface area contributed by atoms with Crippen molar-refractivity contribution in [3.8, 4) is 0 Å². The monoisotopic (exact) mass is 714 g/mol. The number of benzene rings is 2. The van der Waals surface area contributed by atoms with Crippen molar-refractivity contribution in [2.45, 2.75) is 101 Å². The van der Waals surface area contributed by atoms with Gasteiger partial charge in [-0.05, 0) is 48.9 Å². The molecule has 267 valence electrons. The van der Waals surface area contributed by atoms with E-state index in [1.807, 2.05) is 12.1 Å². The smallest absolute Gasteiger partial charge is 0.325 e. The maximum Gasteiger partial charge on any atom is 0.325 e. The van der Waals surface area contributed by atoms with E-state index < -0.39 is 24.0 Å². The standard InChI is InChI=1S/C21H35N5.2C8H9NO2.Mn/c1-3-10-20-18(8-1)22-12-13-23-19-9-2-4-11-21(19)25-15-17-7-5-6-16(26-17)14-24-20;2*9-7(8(10)11)6-4-2-1-3-5-6;/h5-7,18-25H,1-4,8-15H2;2*1-5,7H,9H2,(H,10,11);/t18-,19-,20-,21-;;;/m0.../s1. The Balaban J connectivity index is 0.000000235. The van der Waals surface area contributed by atoms with Gasteiger partial charge in [0.15, 0.2) is 0 Å². The SMILES string of the molecule is NC(C(=O)O)c1ccccc1.NC(C(=O)O)c1ccccc1.[Mn].c1cc2nc(c1)CN[C@H]1CCCC[C@@H]1NCCN[C@H]1CCCC[C@@H]1NC2. The van der Waals surface area contributed by atoms with Gasteiger partial charge >= 0.3 is 11.9 Å². The third-order valence-electron chi connectivity index (χ3n) is 9.27. The Hall–Kier alpha value is -3.19. The zero-order valence-electron chi connectivity index (χ0n) is 28.1. The minimum Gasteiger partial charge on any atom is -0.480 e. The quantitative estimate of drug-likeness (QED) is 0.185. The molecule has 10 N–H and O–H groups in total. The summed E-state index contributed by atoms with van der Waals surface area (Å²) in [7, 11) is 0. The van der Waals surface area contributed by atoms with Crippen molar-refractivity contribution in [1.29, 1.82) is 0 Å². The summed E-state index contributed by atoms with van der Waals surface area (Å²) in [5.41, 5.74) is 14.3. The molecule has 0 saturated heterocycles. The van der Waals surface area contributed by atoms with Crippen LogP contribution in [0.3, 0.4) is 0 Å². The van der Waals surface area contributed by atoms with E-state index in [0.29, 0.717) is 35.3 Å². The molecular weight excluding hydrogens is 661 g/mol. The number of hydrogen-bond acceptors (Lipinski definition) is 9. The van der Waals surface area contributed by atoms with Crippen molar-refractivity contribution in [3.63, 3.8) is 0 Å². The molecule has 6 atom stereocenters. The average Bonchev–Trinajstić information content (AvgIpc) is 3.13. The van der Waals surface area contributed by atoms with Crippen LogP contribution in [-0.4, -0.2) is 64.4 Å². The van der Waals surface area contributed by atoms with Crippen molar-refractivity contribution >= 4 is 11.9 Å². The molecule has 2 unspecified atom stereocenters. The number of carboxylic acids is 2. The van der Waals surface area contributed by atoms with Gasteiger partial charge in [-0.15, -0.1) is 0 Å². The van der Waals surface area contributed by atoms with Crippen LogP contribution in [0.1, 0.15) is 86.0 Å². The summed E-state index contributed by atoms with van der Waals surface area (Å²) in [5, 5.41) is 32.2. The minimum atomic E-state index is -1.00. The summed E-state index contributed by atoms with van der Waals surface area (Å²) in [4.78, 5) is 25.6. The van der Waals surface area contributed by atoms with Crippen molar-refractivity contribution in [3.05, 3.63) is 101 Å². The number of pyridine rings is 1. The molecule has 3 aliphatic rings. The van der Waals surface area contributed by atoms with Gasteiger partial charge in [0.05, 0.1) is 11.4 Å². The van der Waals surface area contributed by atoms with Crippen LogP contribution in [0.5, 0.6) is 0 Å². The second kappa shape index (κ2) is 21.8. The number of rotatable bonds is 4. The van der Waals surface area contributed by atoms with Crippen LogP contribution in [0, 0.1) is 0 Å². The predicted molar refractivity (Wildman–Crippen MR) is 188 cm³/mol. The molecule has 0 spiro atoms. The predicted octanol–water partition coefficient (Wildman–Crippen LogP) is 3.62. The third kappa shape index (κ3) is 13.6. The van der Waals surface area contributed by atoms with E-state index in [1.54, 1.807) is 48.5 Å². The van der Waals surface area contributed by atoms with E-state index in [4.69, 9.17) is 26.7 Å². The Bertz CT molecular complexity index is 1290. The van der Waals surface area contributed by atoms with Gasteiger partial charge in [-0.2, -0.15) is 0 Å². The topological polar surface area (TPSA) is 188 Å². The van der Waals surface area contributed by atoms with Crippen LogP contribution in [0.2, 0.25) is 0 Å². The molecule has 11 nitrogen and oxygen atoms in total. The van der Waals surface area contributed by atoms with E-state index >= 15 is 0 Å². The Morgan fingerprint density at radius 3 is 1.27 bits per heavy atom. The van der Waals surface area contributed by atoms with Crippen LogP contribution in [0.25, 0.3) is 0 Å². The molecule has 2 fully saturated rings. The van der Waals surface area contributed by atoms with Crippen molar-refractivity contribution in [2.75, 3.05) is 13.1 Å². The van der Waals surface area contributed by atoms with Crippen LogP contribution in [0.15, 0.2) is 78.9 Å². The Kier molecular flexibility index (Phi) is 17.9. The molecule has 12 heteroatoms. The zero-order chi connectivity index (χ0) is 34.1. The molecule has 2 saturated carbocycles. The fourth-order valence-corrected chi connectivity index (χ4v) is 6.56. The van der Waals surface area contributed by atoms with Gasteiger partial charge in [-0.25, -0.2) is 0 Å². The van der Waals surface area contributed by atoms with E-state index in [2.05, 4.69) is 39.5 Å². The summed E-state index contributed by atoms with van der Waals surface area (Å²) in [6, 6.07) is 24.4. The summed E-state index contributed by atoms with van der Waals surface area (Å²) in [5.74, 6) is -2.01. The van der Waals surface area contributed by atoms with E-state index in [0.717, 1.165) is 26.2 Å². The molecule has 2 bridgehead atoms. The molecule has 1 radical (unpaired) electrons. The molecule has 0 amide bonds. The first-order chi connectivity index (χ1) is 23.3. The first-order valence-corrected chi connectivity index (χ1v) is 17.3. The van der Waals surface area contributed by atoms with Crippen molar-refractivity contribution in [2.24, 2.45) is 11.5 Å². The number of aliphatic carboxylic acids is 2. The zero-order valence-corrected chi connectivity index (χ0v) is 29.3. The van der Waals surface area contributed by atoms with Gasteiger partial charge in [0.1, 0.15) is 12.1 Å². The van der Waals surface area contributed by atoms with E-state index in [1.165, 1.54) is 62.8 Å². The molecule has 2 heterocycles. The fourth-order valence-electron chi connectivity index (χ4n) is 6.56. The van der Waals surface area contributed by atoms with Gasteiger partial charge in [-0.3, -0.25) is 14.6 Å². The molecule has 2 aromatic carbocycles. The van der Waals surface area contributed by atoms with E-state index in [-0.39, 0.29) is 17.1 Å². The Labute approximate surface area is 300 Å². The Morgan fingerprint density at radius 2 is 0.918 bits per heavy atom. The summed E-state index contributed by atoms with van der Waals surface area (Å²) in [6.07, 6.45) is 10.5. The van der Waals surface area contributed by atoms with E-state index in [9.17, 15) is 9.59 Å². The number of carbonyl (C=O) groups is 2. The molecular formula is C37H53MnN7O4. The van der Waals surface area contributed by atoms with Crippen molar-refractivity contribution in [1.82, 2.24) is 26.3 Å². The van der Waals surface area contributed by atoms with Crippen LogP contribution >= 0.6 is 0 Å². The number of nitrogens with zero attached hydrogens (tertiary/aromatic N) is 1. The molecule has 49 heavy (non-hydrogen) atoms. The maximum atomic E-state index is 10.4. The van der Waals surface area contributed by atoms with Gasteiger partial charge in [-0.1, -0.05) is 92.4 Å². The van der Waals surface area contributed by atoms with Crippen LogP contribution in [0.4, 0.5) is 0 Å². The first-order valence-electron chi connectivity index (χ1n) is 17.3. The summed E-state index contributed by atoms with van der Waals surface area (Å²) in [6.45, 7) is 3.89. The fraction of sp³-hybridized carbons (Fsp3) is 0.486. The summed E-state index contributed by atoms with van der Waals surface area (Å²) < 4.78 is 0. The molecule has 1 aromatic heterocycles. The molecule has 6 rings (SSSR count). The number of carboxylic acid groups (broad SMARTS) is 2. The minimum absolute atomic E-state index is 0. The van der Waals surface area contributed by atoms with Crippen LogP contribution < -0.4 is 32.7 Å². The number of nitrogens with two attached hydrogens (primary N) is 2.